The molecule has 3 N–H and O–H groups in total. The molecule has 0 atom stereocenters. The van der Waals surface area contributed by atoms with E-state index in [-0.39, 0.29) is 0 Å². The van der Waals surface area contributed by atoms with Crippen molar-refractivity contribution in [3.05, 3.63) is 0 Å². The predicted octanol–water partition coefficient (Wildman–Crippen LogP) is -1.26. The van der Waals surface area contributed by atoms with Crippen LogP contribution >= 0.6 is 12.8 Å². The lowest BCUT2D eigenvalue weighted by Gasteiger charge is -2.12. The Balaban J connectivity index is 2.33. The fourth-order valence-electron chi connectivity index (χ4n) is 0.437. The average Bonchev–Trinajstić information content (AvgIpc) is 1.91. The van der Waals surface area contributed by atoms with Crippen molar-refractivity contribution in [1.29, 1.82) is 0 Å². The van der Waals surface area contributed by atoms with Crippen LogP contribution in [-0.2, 0) is 0 Å². The van der Waals surface area contributed by atoms with Crippen molar-refractivity contribution in [3.63, 3.8) is 0 Å². The van der Waals surface area contributed by atoms with E-state index in [1.54, 1.807) is 4.41 Å². The largest absolute Gasteiger partial charge is 0.287 e. The van der Waals surface area contributed by atoms with Crippen molar-refractivity contribution in [2.24, 2.45) is 5.84 Å². The van der Waals surface area contributed by atoms with Gasteiger partial charge < -0.3 is 0 Å². The lowest BCUT2D eigenvalue weighted by atomic mass is 11.1. The Morgan fingerprint density at radius 2 is 2.29 bits per heavy atom. The number of thiol groups is 1. The van der Waals surface area contributed by atoms with Crippen LogP contribution in [0, 0.1) is 0 Å². The van der Waals surface area contributed by atoms with Crippen LogP contribution in [0.25, 0.3) is 0 Å². The predicted molar refractivity (Wildman–Crippen MR) is 29.7 cm³/mol. The van der Waals surface area contributed by atoms with Gasteiger partial charge in [0.1, 0.15) is 0 Å². The molecule has 42 valence electrons. The lowest BCUT2D eigenvalue weighted by molar-refractivity contribution is 0.139. The first-order valence-electron chi connectivity index (χ1n) is 2.00. The summed E-state index contributed by atoms with van der Waals surface area (Å²) in [4.78, 5) is 0. The first-order valence-corrected chi connectivity index (χ1v) is 2.40. The maximum atomic E-state index is 5.30. The third kappa shape index (κ3) is 1.05. The van der Waals surface area contributed by atoms with Crippen LogP contribution in [0.15, 0.2) is 0 Å². The van der Waals surface area contributed by atoms with Crippen molar-refractivity contribution >= 4 is 12.8 Å². The molecule has 4 nitrogen and oxygen atoms in total. The Morgan fingerprint density at radius 1 is 1.57 bits per heavy atom. The van der Waals surface area contributed by atoms with Crippen LogP contribution < -0.4 is 11.2 Å². The summed E-state index contributed by atoms with van der Waals surface area (Å²) >= 11 is 3.96. The summed E-state index contributed by atoms with van der Waals surface area (Å²) in [5.74, 6) is 5.30. The third-order valence-corrected chi connectivity index (χ3v) is 1.19. The van der Waals surface area contributed by atoms with E-state index in [0.717, 1.165) is 6.67 Å². The molecule has 0 spiro atoms. The number of hydrogen-bond acceptors (Lipinski definition) is 5. The van der Waals surface area contributed by atoms with Gasteiger partial charge in [-0.3, -0.25) is 11.2 Å². The number of rotatable bonds is 0. The highest BCUT2D eigenvalue weighted by Crippen LogP contribution is 1.96. The van der Waals surface area contributed by atoms with E-state index in [1.165, 1.54) is 5.12 Å². The molecule has 5 heteroatoms. The summed E-state index contributed by atoms with van der Waals surface area (Å²) in [6, 6.07) is 0. The van der Waals surface area contributed by atoms with Gasteiger partial charge in [-0.25, -0.2) is 0 Å². The lowest BCUT2D eigenvalue weighted by Crippen LogP contribution is -2.35. The molecule has 0 aromatic carbocycles. The van der Waals surface area contributed by atoms with Gasteiger partial charge in [0.2, 0.25) is 0 Å². The Morgan fingerprint density at radius 3 is 2.43 bits per heavy atom. The van der Waals surface area contributed by atoms with E-state index in [2.05, 4.69) is 18.1 Å². The zero-order chi connectivity index (χ0) is 5.28. The molecule has 1 fully saturated rings. The SMILES string of the molecule is NN1CNCN1S. The monoisotopic (exact) mass is 120 g/mol. The van der Waals surface area contributed by atoms with Crippen molar-refractivity contribution in [1.82, 2.24) is 14.8 Å². The first kappa shape index (κ1) is 5.33. The Hall–Kier alpha value is 0.190. The first-order chi connectivity index (χ1) is 3.30. The Bertz CT molecular complexity index is 58.7. The van der Waals surface area contributed by atoms with Crippen molar-refractivity contribution in [2.75, 3.05) is 13.3 Å². The molecule has 1 aliphatic heterocycles. The maximum Gasteiger partial charge on any atom is 0.0800 e. The number of nitrogens with zero attached hydrogens (tertiary/aromatic N) is 2. The highest BCUT2D eigenvalue weighted by molar-refractivity contribution is 7.77. The minimum absolute atomic E-state index is 0.684. The van der Waals surface area contributed by atoms with Crippen molar-refractivity contribution < 1.29 is 0 Å². The Kier molecular flexibility index (Phi) is 1.50. The summed E-state index contributed by atoms with van der Waals surface area (Å²) in [6.07, 6.45) is 0. The fraction of sp³-hybridized carbons (Fsp3) is 1.00. The smallest absolute Gasteiger partial charge is 0.0800 e. The van der Waals surface area contributed by atoms with Gasteiger partial charge in [0, 0.05) is 0 Å². The van der Waals surface area contributed by atoms with Crippen LogP contribution in [-0.4, -0.2) is 22.9 Å². The van der Waals surface area contributed by atoms with E-state index in [9.17, 15) is 0 Å². The quantitative estimate of drug-likeness (QED) is 0.276. The molecule has 1 heterocycles. The second kappa shape index (κ2) is 1.97. The zero-order valence-electron chi connectivity index (χ0n) is 3.83. The van der Waals surface area contributed by atoms with Gasteiger partial charge in [-0.05, 0) is 0 Å². The molecule has 0 amide bonds. The van der Waals surface area contributed by atoms with Gasteiger partial charge >= 0.3 is 0 Å². The molecule has 0 unspecified atom stereocenters. The van der Waals surface area contributed by atoms with Gasteiger partial charge in [0.25, 0.3) is 0 Å². The van der Waals surface area contributed by atoms with Gasteiger partial charge in [-0.1, -0.05) is 12.8 Å². The van der Waals surface area contributed by atoms with Crippen LogP contribution in [0.5, 0.6) is 0 Å². The topological polar surface area (TPSA) is 44.5 Å². The Labute approximate surface area is 47.7 Å². The highest BCUT2D eigenvalue weighted by atomic mass is 32.1. The van der Waals surface area contributed by atoms with Crippen LogP contribution in [0.3, 0.4) is 0 Å². The standard InChI is InChI=1S/C2H8N4S/c3-5-1-4-2-6(5)7/h4,7H,1-3H2. The second-order valence-corrected chi connectivity index (χ2v) is 1.84. The normalized spacial score (nSPS) is 26.6. The average molecular weight is 120 g/mol. The molecule has 0 radical (unpaired) electrons. The van der Waals surface area contributed by atoms with Crippen LogP contribution in [0.2, 0.25) is 0 Å². The van der Waals surface area contributed by atoms with Crippen molar-refractivity contribution in [3.8, 4) is 0 Å². The van der Waals surface area contributed by atoms with Gasteiger partial charge in [-0.15, -0.1) is 0 Å². The summed E-state index contributed by atoms with van der Waals surface area (Å²) in [5.41, 5.74) is 0. The van der Waals surface area contributed by atoms with E-state index in [1.807, 2.05) is 0 Å². The molecule has 7 heavy (non-hydrogen) atoms. The number of hydrazine groups is 2. The molecular weight excluding hydrogens is 112 g/mol. The summed E-state index contributed by atoms with van der Waals surface area (Å²) in [5, 5.41) is 4.46. The number of nitrogens with two attached hydrogens (primary N) is 1. The molecule has 1 aliphatic rings. The van der Waals surface area contributed by atoms with Crippen LogP contribution in [0.1, 0.15) is 0 Å². The van der Waals surface area contributed by atoms with Gasteiger partial charge in [0.05, 0.1) is 13.3 Å². The summed E-state index contributed by atoms with van der Waals surface area (Å²) in [6.45, 7) is 1.41. The second-order valence-electron chi connectivity index (χ2n) is 1.38. The van der Waals surface area contributed by atoms with Gasteiger partial charge in [0.15, 0.2) is 0 Å². The maximum absolute atomic E-state index is 5.30. The molecule has 0 saturated carbocycles. The minimum Gasteiger partial charge on any atom is -0.287 e. The molecule has 0 aromatic rings. The van der Waals surface area contributed by atoms with Gasteiger partial charge in [-0.2, -0.15) is 9.53 Å². The third-order valence-electron chi connectivity index (χ3n) is 0.824. The molecular formula is C2H8N4S. The summed E-state index contributed by atoms with van der Waals surface area (Å²) < 4.78 is 1.60. The molecule has 0 aromatic heterocycles. The van der Waals surface area contributed by atoms with E-state index in [0.29, 0.717) is 6.67 Å². The molecule has 0 aliphatic carbocycles. The van der Waals surface area contributed by atoms with E-state index in [4.69, 9.17) is 5.84 Å². The minimum atomic E-state index is 0.684. The molecule has 0 bridgehead atoms. The van der Waals surface area contributed by atoms with Crippen LogP contribution in [0.4, 0.5) is 0 Å². The molecule has 1 rings (SSSR count). The number of hydrogen-bond donors (Lipinski definition) is 3. The zero-order valence-corrected chi connectivity index (χ0v) is 4.73. The highest BCUT2D eigenvalue weighted by Gasteiger charge is 2.12. The van der Waals surface area contributed by atoms with E-state index < -0.39 is 0 Å². The summed E-state index contributed by atoms with van der Waals surface area (Å²) in [7, 11) is 0. The van der Waals surface area contributed by atoms with Crippen molar-refractivity contribution in [2.45, 2.75) is 0 Å². The van der Waals surface area contributed by atoms with E-state index >= 15 is 0 Å². The fourth-order valence-corrected chi connectivity index (χ4v) is 0.600. The number of nitrogens with one attached hydrogen (secondary N) is 1. The molecule has 1 saturated heterocycles.